The lowest BCUT2D eigenvalue weighted by atomic mass is 10.0. The molecule has 0 unspecified atom stereocenters. The molecule has 2 aromatic rings. The number of aromatic nitrogens is 3. The maximum absolute atomic E-state index is 12.6. The van der Waals surface area contributed by atoms with Crippen LogP contribution in [0.2, 0.25) is 0 Å². The molecule has 0 N–H and O–H groups in total. The van der Waals surface area contributed by atoms with E-state index in [1.165, 1.54) is 17.3 Å². The molecule has 0 bridgehead atoms. The number of benzene rings is 1. The molecule has 3 rings (SSSR count). The molecule has 0 radical (unpaired) electrons. The standard InChI is InChI=1S/C20H27N5O2S/c1-4-18(26)23-9-11-24(12-10-23)19(27)13-28-20-22-21-14-25(20)17-7-5-16(6-8-17)15(2)3/h5-8,14-15H,4,9-13H2,1-3H3. The summed E-state index contributed by atoms with van der Waals surface area (Å²) in [6, 6.07) is 8.32. The van der Waals surface area contributed by atoms with Crippen molar-refractivity contribution in [3.63, 3.8) is 0 Å². The first-order valence-electron chi connectivity index (χ1n) is 9.68. The molecule has 1 aromatic carbocycles. The highest BCUT2D eigenvalue weighted by Gasteiger charge is 2.23. The summed E-state index contributed by atoms with van der Waals surface area (Å²) in [6.45, 7) is 8.60. The van der Waals surface area contributed by atoms with Crippen molar-refractivity contribution in [2.75, 3.05) is 31.9 Å². The molecule has 0 spiro atoms. The smallest absolute Gasteiger partial charge is 0.233 e. The van der Waals surface area contributed by atoms with E-state index >= 15 is 0 Å². The van der Waals surface area contributed by atoms with Crippen molar-refractivity contribution in [2.24, 2.45) is 0 Å². The highest BCUT2D eigenvalue weighted by molar-refractivity contribution is 7.99. The summed E-state index contributed by atoms with van der Waals surface area (Å²) in [5, 5.41) is 8.87. The molecular weight excluding hydrogens is 374 g/mol. The molecule has 28 heavy (non-hydrogen) atoms. The Hall–Kier alpha value is -2.35. The molecule has 0 saturated carbocycles. The van der Waals surface area contributed by atoms with Crippen LogP contribution < -0.4 is 0 Å². The first-order chi connectivity index (χ1) is 13.5. The summed E-state index contributed by atoms with van der Waals surface area (Å²) in [5.41, 5.74) is 2.26. The van der Waals surface area contributed by atoms with Gasteiger partial charge in [-0.25, -0.2) is 0 Å². The second kappa shape index (κ2) is 9.23. The topological polar surface area (TPSA) is 71.3 Å². The summed E-state index contributed by atoms with van der Waals surface area (Å²) in [5.74, 6) is 1.01. The summed E-state index contributed by atoms with van der Waals surface area (Å²) in [4.78, 5) is 28.0. The van der Waals surface area contributed by atoms with E-state index in [2.05, 4.69) is 48.3 Å². The van der Waals surface area contributed by atoms with Gasteiger partial charge in [-0.3, -0.25) is 14.2 Å². The Balaban J connectivity index is 1.57. The zero-order valence-corrected chi connectivity index (χ0v) is 17.5. The summed E-state index contributed by atoms with van der Waals surface area (Å²) in [6.07, 6.45) is 2.18. The zero-order valence-electron chi connectivity index (χ0n) is 16.7. The monoisotopic (exact) mass is 401 g/mol. The van der Waals surface area contributed by atoms with Gasteiger partial charge in [0.1, 0.15) is 6.33 Å². The predicted octanol–water partition coefficient (Wildman–Crippen LogP) is 2.56. The van der Waals surface area contributed by atoms with Crippen LogP contribution in [0.25, 0.3) is 5.69 Å². The van der Waals surface area contributed by atoms with E-state index in [4.69, 9.17) is 0 Å². The lowest BCUT2D eigenvalue weighted by Gasteiger charge is -2.34. The van der Waals surface area contributed by atoms with Crippen molar-refractivity contribution >= 4 is 23.6 Å². The van der Waals surface area contributed by atoms with Gasteiger partial charge < -0.3 is 9.80 Å². The van der Waals surface area contributed by atoms with Gasteiger partial charge in [0.15, 0.2) is 5.16 Å². The summed E-state index contributed by atoms with van der Waals surface area (Å²) in [7, 11) is 0. The highest BCUT2D eigenvalue weighted by atomic mass is 32.2. The third-order valence-electron chi connectivity index (χ3n) is 4.97. The molecule has 0 aliphatic carbocycles. The van der Waals surface area contributed by atoms with Gasteiger partial charge in [0.25, 0.3) is 0 Å². The van der Waals surface area contributed by atoms with Crippen LogP contribution in [0, 0.1) is 0 Å². The fraction of sp³-hybridized carbons (Fsp3) is 0.500. The van der Waals surface area contributed by atoms with Crippen molar-refractivity contribution in [3.8, 4) is 5.69 Å². The second-order valence-corrected chi connectivity index (χ2v) is 8.08. The Kier molecular flexibility index (Phi) is 6.72. The highest BCUT2D eigenvalue weighted by Crippen LogP contribution is 2.22. The van der Waals surface area contributed by atoms with Crippen LogP contribution in [0.4, 0.5) is 0 Å². The SMILES string of the molecule is CCC(=O)N1CCN(C(=O)CSc2nncn2-c2ccc(C(C)C)cc2)CC1. The lowest BCUT2D eigenvalue weighted by Crippen LogP contribution is -2.50. The fourth-order valence-corrected chi connectivity index (χ4v) is 4.00. The number of carbonyl (C=O) groups excluding carboxylic acids is 2. The molecular formula is C20H27N5O2S. The number of hydrogen-bond acceptors (Lipinski definition) is 5. The minimum Gasteiger partial charge on any atom is -0.339 e. The van der Waals surface area contributed by atoms with Gasteiger partial charge in [0.2, 0.25) is 11.8 Å². The number of piperazine rings is 1. The molecule has 1 aromatic heterocycles. The minimum absolute atomic E-state index is 0.0679. The van der Waals surface area contributed by atoms with Crippen molar-refractivity contribution < 1.29 is 9.59 Å². The molecule has 8 heteroatoms. The Labute approximate surface area is 170 Å². The van der Waals surface area contributed by atoms with Crippen LogP contribution in [-0.2, 0) is 9.59 Å². The fourth-order valence-electron chi connectivity index (χ4n) is 3.17. The maximum atomic E-state index is 12.6. The molecule has 0 atom stereocenters. The van der Waals surface area contributed by atoms with E-state index in [-0.39, 0.29) is 11.8 Å². The molecule has 1 aliphatic rings. The first-order valence-corrected chi connectivity index (χ1v) is 10.7. The first kappa shape index (κ1) is 20.4. The van der Waals surface area contributed by atoms with Gasteiger partial charge in [0.05, 0.1) is 5.75 Å². The number of thioether (sulfide) groups is 1. The second-order valence-electron chi connectivity index (χ2n) is 7.13. The third-order valence-corrected chi connectivity index (χ3v) is 5.89. The van der Waals surface area contributed by atoms with E-state index in [9.17, 15) is 9.59 Å². The molecule has 150 valence electrons. The average Bonchev–Trinajstić information content (AvgIpc) is 3.20. The van der Waals surface area contributed by atoms with Crippen molar-refractivity contribution in [1.82, 2.24) is 24.6 Å². The molecule has 7 nitrogen and oxygen atoms in total. The van der Waals surface area contributed by atoms with Gasteiger partial charge in [0, 0.05) is 38.3 Å². The Morgan fingerprint density at radius 1 is 1.04 bits per heavy atom. The van der Waals surface area contributed by atoms with Gasteiger partial charge in [-0.2, -0.15) is 0 Å². The van der Waals surface area contributed by atoms with Gasteiger partial charge >= 0.3 is 0 Å². The van der Waals surface area contributed by atoms with Gasteiger partial charge in [-0.05, 0) is 23.6 Å². The van der Waals surface area contributed by atoms with Crippen LogP contribution in [-0.4, -0.2) is 68.3 Å². The zero-order chi connectivity index (χ0) is 20.1. The molecule has 1 aliphatic heterocycles. The van der Waals surface area contributed by atoms with Gasteiger partial charge in [-0.15, -0.1) is 10.2 Å². The van der Waals surface area contributed by atoms with Crippen LogP contribution in [0.5, 0.6) is 0 Å². The number of carbonyl (C=O) groups is 2. The van der Waals surface area contributed by atoms with E-state index in [0.717, 1.165) is 5.69 Å². The number of hydrogen-bond donors (Lipinski definition) is 0. The number of nitrogens with zero attached hydrogens (tertiary/aromatic N) is 5. The third kappa shape index (κ3) is 4.73. The number of rotatable bonds is 6. The quantitative estimate of drug-likeness (QED) is 0.696. The Bertz CT molecular complexity index is 810. The molecule has 1 saturated heterocycles. The van der Waals surface area contributed by atoms with Gasteiger partial charge in [-0.1, -0.05) is 44.7 Å². The van der Waals surface area contributed by atoms with E-state index in [0.29, 0.717) is 49.4 Å². The largest absolute Gasteiger partial charge is 0.339 e. The number of amides is 2. The van der Waals surface area contributed by atoms with E-state index in [1.807, 2.05) is 21.3 Å². The summed E-state index contributed by atoms with van der Waals surface area (Å²) < 4.78 is 1.90. The van der Waals surface area contributed by atoms with Crippen LogP contribution in [0.3, 0.4) is 0 Å². The van der Waals surface area contributed by atoms with E-state index < -0.39 is 0 Å². The maximum Gasteiger partial charge on any atom is 0.233 e. The summed E-state index contributed by atoms with van der Waals surface area (Å²) >= 11 is 1.39. The molecule has 2 amide bonds. The average molecular weight is 402 g/mol. The van der Waals surface area contributed by atoms with Crippen molar-refractivity contribution in [3.05, 3.63) is 36.2 Å². The van der Waals surface area contributed by atoms with E-state index in [1.54, 1.807) is 6.33 Å². The minimum atomic E-state index is 0.0679. The van der Waals surface area contributed by atoms with Crippen molar-refractivity contribution in [1.29, 1.82) is 0 Å². The predicted molar refractivity (Wildman–Crippen MR) is 110 cm³/mol. The molecule has 1 fully saturated rings. The van der Waals surface area contributed by atoms with Crippen LogP contribution in [0.15, 0.2) is 35.7 Å². The van der Waals surface area contributed by atoms with Crippen molar-refractivity contribution in [2.45, 2.75) is 38.3 Å². The lowest BCUT2D eigenvalue weighted by molar-refractivity contribution is -0.137. The molecule has 2 heterocycles. The Morgan fingerprint density at radius 2 is 1.64 bits per heavy atom. The van der Waals surface area contributed by atoms with Crippen LogP contribution in [0.1, 0.15) is 38.7 Å². The Morgan fingerprint density at radius 3 is 2.21 bits per heavy atom. The normalized spacial score (nSPS) is 14.6. The van der Waals surface area contributed by atoms with Crippen LogP contribution >= 0.6 is 11.8 Å².